The van der Waals surface area contributed by atoms with Gasteiger partial charge in [0.2, 0.25) is 0 Å². The highest BCUT2D eigenvalue weighted by atomic mass is 32.2. The molecular formula is C16H18FN3O5S3. The lowest BCUT2D eigenvalue weighted by Crippen LogP contribution is -2.27. The molecule has 0 aliphatic carbocycles. The number of carbonyl (C=O) groups is 2. The van der Waals surface area contributed by atoms with E-state index in [0.717, 1.165) is 17.4 Å². The van der Waals surface area contributed by atoms with Gasteiger partial charge in [-0.2, -0.15) is 0 Å². The van der Waals surface area contributed by atoms with E-state index in [9.17, 15) is 22.4 Å². The molecule has 0 saturated heterocycles. The molecule has 4 N–H and O–H groups in total. The van der Waals surface area contributed by atoms with Gasteiger partial charge in [0.25, 0.3) is 15.9 Å². The molecule has 1 heterocycles. The number of ether oxygens (including phenoxy) is 1. The molecule has 12 heteroatoms. The maximum Gasteiger partial charge on any atom is 0.307 e. The number of sulfonamides is 1. The van der Waals surface area contributed by atoms with E-state index in [0.29, 0.717) is 17.9 Å². The van der Waals surface area contributed by atoms with Gasteiger partial charge in [0.15, 0.2) is 0 Å². The van der Waals surface area contributed by atoms with E-state index in [1.54, 1.807) is 13.0 Å². The van der Waals surface area contributed by atoms with Gasteiger partial charge in [0, 0.05) is 23.4 Å². The van der Waals surface area contributed by atoms with Crippen LogP contribution in [0.5, 0.6) is 5.75 Å². The summed E-state index contributed by atoms with van der Waals surface area (Å²) >= 11 is 1.23. The second kappa shape index (κ2) is 9.87. The Morgan fingerprint density at radius 1 is 1.29 bits per heavy atom. The van der Waals surface area contributed by atoms with Gasteiger partial charge in [0.1, 0.15) is 15.8 Å². The van der Waals surface area contributed by atoms with Crippen molar-refractivity contribution in [2.75, 3.05) is 13.2 Å². The Hall–Kier alpha value is -2.15. The summed E-state index contributed by atoms with van der Waals surface area (Å²) in [6, 6.07) is 6.63. The van der Waals surface area contributed by atoms with E-state index >= 15 is 0 Å². The van der Waals surface area contributed by atoms with E-state index in [4.69, 9.17) is 9.88 Å². The quantitative estimate of drug-likeness (QED) is 0.530. The van der Waals surface area contributed by atoms with Gasteiger partial charge < -0.3 is 10.1 Å². The molecule has 0 aliphatic rings. The SMILES string of the molecule is CCOc1ccc(F)cc1C(=O)NCCc1ccc(S(=O)(=O)NC(=O)SN)s1. The van der Waals surface area contributed by atoms with Gasteiger partial charge in [-0.25, -0.2) is 17.5 Å². The average molecular weight is 448 g/mol. The maximum absolute atomic E-state index is 13.4. The fraction of sp³-hybridized carbons (Fsp3) is 0.250. The van der Waals surface area contributed by atoms with Gasteiger partial charge >= 0.3 is 5.24 Å². The zero-order valence-corrected chi connectivity index (χ0v) is 17.2. The van der Waals surface area contributed by atoms with Gasteiger partial charge in [-0.05, 0) is 43.7 Å². The number of nitrogens with one attached hydrogen (secondary N) is 2. The van der Waals surface area contributed by atoms with Gasteiger partial charge in [0.05, 0.1) is 12.2 Å². The normalized spacial score (nSPS) is 11.1. The summed E-state index contributed by atoms with van der Waals surface area (Å²) in [6.45, 7) is 2.28. The highest BCUT2D eigenvalue weighted by Crippen LogP contribution is 2.23. The summed E-state index contributed by atoms with van der Waals surface area (Å²) in [5, 5.41) is 6.77. The smallest absolute Gasteiger partial charge is 0.307 e. The lowest BCUT2D eigenvalue weighted by molar-refractivity contribution is 0.0950. The van der Waals surface area contributed by atoms with Crippen LogP contribution in [0.15, 0.2) is 34.5 Å². The van der Waals surface area contributed by atoms with E-state index in [1.165, 1.54) is 18.2 Å². The molecule has 28 heavy (non-hydrogen) atoms. The topological polar surface area (TPSA) is 128 Å². The van der Waals surface area contributed by atoms with Crippen LogP contribution in [0.3, 0.4) is 0 Å². The average Bonchev–Trinajstić information content (AvgIpc) is 3.12. The third-order valence-corrected chi connectivity index (χ3v) is 6.78. The van der Waals surface area contributed by atoms with Crippen LogP contribution >= 0.6 is 23.3 Å². The van der Waals surface area contributed by atoms with Crippen molar-refractivity contribution in [2.45, 2.75) is 17.6 Å². The molecule has 0 spiro atoms. The third-order valence-electron chi connectivity index (χ3n) is 3.37. The molecule has 0 atom stereocenters. The van der Waals surface area contributed by atoms with Crippen LogP contribution in [0, 0.1) is 5.82 Å². The summed E-state index contributed by atoms with van der Waals surface area (Å²) in [5.41, 5.74) is 0.0818. The number of thiophene rings is 1. The standard InChI is InChI=1S/C16H18FN3O5S3/c1-2-25-13-5-3-10(17)9-12(13)15(21)19-8-7-11-4-6-14(26-11)28(23,24)20-16(22)27-18/h3-6,9H,2,7-8,18H2,1H3,(H,19,21)(H,20,22). The molecule has 0 bridgehead atoms. The largest absolute Gasteiger partial charge is 0.493 e. The Morgan fingerprint density at radius 2 is 2.04 bits per heavy atom. The molecule has 152 valence electrons. The summed E-state index contributed by atoms with van der Waals surface area (Å²) in [5.74, 6) is -0.779. The second-order valence-corrected chi connectivity index (χ2v) is 9.00. The first-order chi connectivity index (χ1) is 13.3. The Bertz CT molecular complexity index is 962. The number of hydrogen-bond donors (Lipinski definition) is 3. The highest BCUT2D eigenvalue weighted by Gasteiger charge is 2.20. The summed E-state index contributed by atoms with van der Waals surface area (Å²) in [6.07, 6.45) is 0.352. The molecule has 2 aromatic rings. The van der Waals surface area contributed by atoms with Crippen LogP contribution in [0.4, 0.5) is 9.18 Å². The molecule has 8 nitrogen and oxygen atoms in total. The van der Waals surface area contributed by atoms with Crippen molar-refractivity contribution in [3.05, 3.63) is 46.6 Å². The molecule has 0 fully saturated rings. The first-order valence-electron chi connectivity index (χ1n) is 7.99. The number of hydrogen-bond acceptors (Lipinski definition) is 8. The molecule has 0 unspecified atom stereocenters. The van der Waals surface area contributed by atoms with Crippen molar-refractivity contribution in [1.82, 2.24) is 10.0 Å². The van der Waals surface area contributed by atoms with Crippen molar-refractivity contribution in [3.8, 4) is 5.75 Å². The van der Waals surface area contributed by atoms with Crippen LogP contribution in [0.25, 0.3) is 0 Å². The monoisotopic (exact) mass is 447 g/mol. The van der Waals surface area contributed by atoms with Gasteiger partial charge in [-0.1, -0.05) is 0 Å². The van der Waals surface area contributed by atoms with E-state index in [-0.39, 0.29) is 34.0 Å². The first kappa shape index (κ1) is 22.1. The predicted molar refractivity (Wildman–Crippen MR) is 105 cm³/mol. The highest BCUT2D eigenvalue weighted by molar-refractivity contribution is 8.12. The lowest BCUT2D eigenvalue weighted by Gasteiger charge is -2.10. The Morgan fingerprint density at radius 3 is 2.71 bits per heavy atom. The molecule has 0 radical (unpaired) electrons. The molecule has 2 amide bonds. The van der Waals surface area contributed by atoms with Crippen molar-refractivity contribution < 1.29 is 27.1 Å². The minimum absolute atomic E-state index is 0.0417. The van der Waals surface area contributed by atoms with Crippen LogP contribution < -0.4 is 19.9 Å². The number of rotatable bonds is 8. The Kier molecular flexibility index (Phi) is 7.80. The zero-order chi connectivity index (χ0) is 20.7. The van der Waals surface area contributed by atoms with Crippen LogP contribution in [0.2, 0.25) is 0 Å². The summed E-state index contributed by atoms with van der Waals surface area (Å²) in [4.78, 5) is 24.1. The number of carbonyl (C=O) groups excluding carboxylic acids is 2. The van der Waals surface area contributed by atoms with Gasteiger partial charge in [-0.3, -0.25) is 14.7 Å². The number of halogens is 1. The van der Waals surface area contributed by atoms with Crippen molar-refractivity contribution in [1.29, 1.82) is 0 Å². The van der Waals surface area contributed by atoms with Crippen LogP contribution in [0.1, 0.15) is 22.2 Å². The third kappa shape index (κ3) is 5.92. The number of benzene rings is 1. The summed E-state index contributed by atoms with van der Waals surface area (Å²) in [7, 11) is -3.98. The fourth-order valence-corrected chi connectivity index (χ4v) is 4.88. The molecule has 0 saturated carbocycles. The molecule has 0 aliphatic heterocycles. The van der Waals surface area contributed by atoms with Crippen molar-refractivity contribution in [3.63, 3.8) is 0 Å². The minimum Gasteiger partial charge on any atom is -0.493 e. The summed E-state index contributed by atoms with van der Waals surface area (Å²) < 4.78 is 44.5. The molecule has 1 aromatic heterocycles. The second-order valence-electron chi connectivity index (χ2n) is 5.31. The minimum atomic E-state index is -3.98. The lowest BCUT2D eigenvalue weighted by atomic mass is 10.1. The molecule has 2 rings (SSSR count). The fourth-order valence-electron chi connectivity index (χ4n) is 2.18. The predicted octanol–water partition coefficient (Wildman–Crippen LogP) is 2.26. The van der Waals surface area contributed by atoms with E-state index < -0.39 is 27.0 Å². The maximum atomic E-state index is 13.4. The Labute approximate surface area is 169 Å². The van der Waals surface area contributed by atoms with E-state index in [2.05, 4.69) is 5.32 Å². The van der Waals surface area contributed by atoms with Crippen LogP contribution in [-0.4, -0.2) is 32.7 Å². The number of nitrogens with two attached hydrogens (primary N) is 1. The van der Waals surface area contributed by atoms with Gasteiger partial charge in [-0.15, -0.1) is 11.3 Å². The molecular weight excluding hydrogens is 429 g/mol. The van der Waals surface area contributed by atoms with Crippen molar-refractivity contribution >= 4 is 44.5 Å². The first-order valence-corrected chi connectivity index (χ1v) is 11.2. The van der Waals surface area contributed by atoms with E-state index in [1.807, 2.05) is 4.72 Å². The van der Waals surface area contributed by atoms with Crippen LogP contribution in [-0.2, 0) is 16.4 Å². The number of amides is 2. The molecule has 1 aromatic carbocycles. The Balaban J connectivity index is 1.98. The zero-order valence-electron chi connectivity index (χ0n) is 14.7. The van der Waals surface area contributed by atoms with Crippen molar-refractivity contribution in [2.24, 2.45) is 5.14 Å².